The molecule has 0 aromatic heterocycles. The van der Waals surface area contributed by atoms with Gasteiger partial charge in [0.2, 0.25) is 0 Å². The zero-order valence-corrected chi connectivity index (χ0v) is 6.13. The Labute approximate surface area is 56.7 Å². The van der Waals surface area contributed by atoms with Crippen molar-refractivity contribution in [1.29, 1.82) is 0 Å². The second-order valence-corrected chi connectivity index (χ2v) is 2.71. The van der Waals surface area contributed by atoms with Gasteiger partial charge in [0.15, 0.2) is 0 Å². The van der Waals surface area contributed by atoms with Crippen LogP contribution in [-0.2, 0) is 4.74 Å². The van der Waals surface area contributed by atoms with Crippen molar-refractivity contribution in [2.24, 2.45) is 11.8 Å². The van der Waals surface area contributed by atoms with Crippen LogP contribution in [-0.4, -0.2) is 6.61 Å². The van der Waals surface area contributed by atoms with E-state index in [1.54, 1.807) is 0 Å². The summed E-state index contributed by atoms with van der Waals surface area (Å²) in [5.74, 6) is 1.46. The molecule has 1 heteroatoms. The zero-order valence-electron chi connectivity index (χ0n) is 6.13. The molecular formula is C8H14O. The third-order valence-electron chi connectivity index (χ3n) is 2.09. The molecule has 0 radical (unpaired) electrons. The lowest BCUT2D eigenvalue weighted by molar-refractivity contribution is 0.219. The molecule has 0 aromatic rings. The van der Waals surface area contributed by atoms with Crippen LogP contribution in [0.5, 0.6) is 0 Å². The maximum absolute atomic E-state index is 5.10. The molecule has 1 heterocycles. The van der Waals surface area contributed by atoms with Crippen molar-refractivity contribution < 1.29 is 4.74 Å². The first-order chi connectivity index (χ1) is 4.34. The van der Waals surface area contributed by atoms with E-state index in [9.17, 15) is 0 Å². The average Bonchev–Trinajstić information content (AvgIpc) is 2.37. The van der Waals surface area contributed by atoms with Gasteiger partial charge in [0.05, 0.1) is 12.9 Å². The van der Waals surface area contributed by atoms with Gasteiger partial charge in [-0.15, -0.1) is 0 Å². The summed E-state index contributed by atoms with van der Waals surface area (Å²) in [6, 6.07) is 0. The van der Waals surface area contributed by atoms with E-state index in [1.165, 1.54) is 6.42 Å². The minimum atomic E-state index is 0.676. The first kappa shape index (κ1) is 6.66. The number of hydrogen-bond acceptors (Lipinski definition) is 1. The van der Waals surface area contributed by atoms with Crippen molar-refractivity contribution >= 4 is 0 Å². The van der Waals surface area contributed by atoms with Gasteiger partial charge in [0.1, 0.15) is 0 Å². The molecule has 0 saturated heterocycles. The first-order valence-electron chi connectivity index (χ1n) is 3.63. The molecule has 0 amide bonds. The molecule has 9 heavy (non-hydrogen) atoms. The molecule has 1 aliphatic rings. The normalized spacial score (nSPS) is 28.0. The van der Waals surface area contributed by atoms with Crippen LogP contribution >= 0.6 is 0 Å². The molecule has 0 N–H and O–H groups in total. The van der Waals surface area contributed by atoms with Gasteiger partial charge in [-0.2, -0.15) is 0 Å². The van der Waals surface area contributed by atoms with Gasteiger partial charge in [-0.3, -0.25) is 0 Å². The molecule has 0 bridgehead atoms. The van der Waals surface area contributed by atoms with E-state index in [-0.39, 0.29) is 0 Å². The van der Waals surface area contributed by atoms with Crippen LogP contribution in [0.15, 0.2) is 12.3 Å². The van der Waals surface area contributed by atoms with Gasteiger partial charge < -0.3 is 4.74 Å². The van der Waals surface area contributed by atoms with E-state index in [0.717, 1.165) is 12.5 Å². The van der Waals surface area contributed by atoms with Gasteiger partial charge in [-0.25, -0.2) is 0 Å². The molecule has 0 aliphatic carbocycles. The van der Waals surface area contributed by atoms with E-state index in [2.05, 4.69) is 19.9 Å². The quantitative estimate of drug-likeness (QED) is 0.551. The molecule has 52 valence electrons. The molecule has 0 aromatic carbocycles. The summed E-state index contributed by atoms with van der Waals surface area (Å²) in [4.78, 5) is 0. The summed E-state index contributed by atoms with van der Waals surface area (Å²) in [6.07, 6.45) is 5.23. The smallest absolute Gasteiger partial charge is 0.0939 e. The van der Waals surface area contributed by atoms with Crippen LogP contribution in [0.4, 0.5) is 0 Å². The number of hydrogen-bond donors (Lipinski definition) is 0. The molecule has 1 rings (SSSR count). The summed E-state index contributed by atoms with van der Waals surface area (Å²) in [5, 5.41) is 0. The van der Waals surface area contributed by atoms with Crippen LogP contribution in [0, 0.1) is 11.8 Å². The SMILES string of the molecule is CCC(C)C1C=COC1. The summed E-state index contributed by atoms with van der Waals surface area (Å²) < 4.78 is 5.10. The highest BCUT2D eigenvalue weighted by Gasteiger charge is 2.15. The Bertz CT molecular complexity index is 107. The molecule has 0 spiro atoms. The molecule has 2 atom stereocenters. The summed E-state index contributed by atoms with van der Waals surface area (Å²) in [6.45, 7) is 5.38. The lowest BCUT2D eigenvalue weighted by Gasteiger charge is -2.12. The monoisotopic (exact) mass is 126 g/mol. The number of rotatable bonds is 2. The number of ether oxygens (including phenoxy) is 1. The molecule has 1 nitrogen and oxygen atoms in total. The van der Waals surface area contributed by atoms with Crippen LogP contribution in [0.25, 0.3) is 0 Å². The van der Waals surface area contributed by atoms with Crippen molar-refractivity contribution in [1.82, 2.24) is 0 Å². The fourth-order valence-electron chi connectivity index (χ4n) is 1.04. The lowest BCUT2D eigenvalue weighted by atomic mass is 9.94. The Morgan fingerprint density at radius 1 is 1.78 bits per heavy atom. The molecule has 1 aliphatic heterocycles. The molecule has 2 unspecified atom stereocenters. The minimum Gasteiger partial charge on any atom is -0.501 e. The minimum absolute atomic E-state index is 0.676. The Morgan fingerprint density at radius 2 is 2.56 bits per heavy atom. The van der Waals surface area contributed by atoms with Gasteiger partial charge >= 0.3 is 0 Å². The predicted molar refractivity (Wildman–Crippen MR) is 38.0 cm³/mol. The van der Waals surface area contributed by atoms with Crippen LogP contribution in [0.1, 0.15) is 20.3 Å². The highest BCUT2D eigenvalue weighted by atomic mass is 16.5. The van der Waals surface area contributed by atoms with Gasteiger partial charge in [-0.1, -0.05) is 20.3 Å². The third kappa shape index (κ3) is 1.47. The van der Waals surface area contributed by atoms with Crippen molar-refractivity contribution in [3.05, 3.63) is 12.3 Å². The Balaban J connectivity index is 2.33. The third-order valence-corrected chi connectivity index (χ3v) is 2.09. The summed E-state index contributed by atoms with van der Waals surface area (Å²) >= 11 is 0. The summed E-state index contributed by atoms with van der Waals surface area (Å²) in [5.41, 5.74) is 0. The van der Waals surface area contributed by atoms with E-state index in [0.29, 0.717) is 5.92 Å². The van der Waals surface area contributed by atoms with Crippen molar-refractivity contribution in [2.45, 2.75) is 20.3 Å². The van der Waals surface area contributed by atoms with Crippen LogP contribution in [0.2, 0.25) is 0 Å². The topological polar surface area (TPSA) is 9.23 Å². The predicted octanol–water partition coefficient (Wildman–Crippen LogP) is 2.19. The fraction of sp³-hybridized carbons (Fsp3) is 0.750. The molecule has 0 fully saturated rings. The first-order valence-corrected chi connectivity index (χ1v) is 3.63. The van der Waals surface area contributed by atoms with Crippen molar-refractivity contribution in [3.8, 4) is 0 Å². The Kier molecular flexibility index (Phi) is 2.15. The van der Waals surface area contributed by atoms with Crippen molar-refractivity contribution in [2.75, 3.05) is 6.61 Å². The van der Waals surface area contributed by atoms with E-state index in [4.69, 9.17) is 4.74 Å². The second kappa shape index (κ2) is 2.90. The Morgan fingerprint density at radius 3 is 3.00 bits per heavy atom. The van der Waals surface area contributed by atoms with Gasteiger partial charge in [0, 0.05) is 5.92 Å². The van der Waals surface area contributed by atoms with Crippen LogP contribution < -0.4 is 0 Å². The highest BCUT2D eigenvalue weighted by molar-refractivity contribution is 4.91. The van der Waals surface area contributed by atoms with Crippen molar-refractivity contribution in [3.63, 3.8) is 0 Å². The largest absolute Gasteiger partial charge is 0.501 e. The fourth-order valence-corrected chi connectivity index (χ4v) is 1.04. The average molecular weight is 126 g/mol. The van der Waals surface area contributed by atoms with Gasteiger partial charge in [-0.05, 0) is 12.0 Å². The molecular weight excluding hydrogens is 112 g/mol. The maximum atomic E-state index is 5.10. The highest BCUT2D eigenvalue weighted by Crippen LogP contribution is 2.20. The van der Waals surface area contributed by atoms with E-state index >= 15 is 0 Å². The van der Waals surface area contributed by atoms with E-state index < -0.39 is 0 Å². The Hall–Kier alpha value is -0.460. The van der Waals surface area contributed by atoms with Crippen LogP contribution in [0.3, 0.4) is 0 Å². The van der Waals surface area contributed by atoms with E-state index in [1.807, 2.05) is 6.26 Å². The zero-order chi connectivity index (χ0) is 6.69. The lowest BCUT2D eigenvalue weighted by Crippen LogP contribution is -2.09. The molecule has 0 saturated carbocycles. The summed E-state index contributed by atoms with van der Waals surface area (Å²) in [7, 11) is 0. The second-order valence-electron chi connectivity index (χ2n) is 2.71. The van der Waals surface area contributed by atoms with Gasteiger partial charge in [0.25, 0.3) is 0 Å². The maximum Gasteiger partial charge on any atom is 0.0939 e. The standard InChI is InChI=1S/C8H14O/c1-3-7(2)8-4-5-9-6-8/h4-5,7-8H,3,6H2,1-2H3.